The van der Waals surface area contributed by atoms with Crippen LogP contribution in [0.2, 0.25) is 0 Å². The number of hydrogen-bond acceptors (Lipinski definition) is 4. The highest BCUT2D eigenvalue weighted by atomic mass is 15.4. The van der Waals surface area contributed by atoms with E-state index in [4.69, 9.17) is 5.73 Å². The summed E-state index contributed by atoms with van der Waals surface area (Å²) in [6.07, 6.45) is 6.16. The van der Waals surface area contributed by atoms with Gasteiger partial charge in [0.15, 0.2) is 0 Å². The van der Waals surface area contributed by atoms with Crippen molar-refractivity contribution in [3.63, 3.8) is 0 Å². The van der Waals surface area contributed by atoms with Gasteiger partial charge in [0.2, 0.25) is 5.95 Å². The van der Waals surface area contributed by atoms with E-state index in [1.54, 1.807) is 0 Å². The van der Waals surface area contributed by atoms with Gasteiger partial charge in [0.05, 0.1) is 0 Å². The lowest BCUT2D eigenvalue weighted by molar-refractivity contribution is 0.270. The number of nitrogens with one attached hydrogen (secondary N) is 1. The number of nitrogens with two attached hydrogens (primary N) is 1. The minimum Gasteiger partial charge on any atom is -0.339 e. The van der Waals surface area contributed by atoms with Gasteiger partial charge < -0.3 is 10.6 Å². The molecule has 3 rings (SSSR count). The van der Waals surface area contributed by atoms with E-state index in [-0.39, 0.29) is 5.41 Å². The van der Waals surface area contributed by atoms with E-state index in [1.807, 2.05) is 0 Å². The predicted molar refractivity (Wildman–Crippen MR) is 71.4 cm³/mol. The molecule has 0 bridgehead atoms. The SMILES string of the molecule is CC1(CN)CCCN(c2n[nH]c(CC3CC3)n2)C1. The van der Waals surface area contributed by atoms with Crippen LogP contribution in [0.5, 0.6) is 0 Å². The Bertz CT molecular complexity index is 411. The fourth-order valence-electron chi connectivity index (χ4n) is 2.77. The molecule has 1 aliphatic heterocycles. The Morgan fingerprint density at radius 2 is 2.33 bits per heavy atom. The van der Waals surface area contributed by atoms with Crippen LogP contribution in [-0.2, 0) is 6.42 Å². The minimum absolute atomic E-state index is 0.218. The molecular weight excluding hydrogens is 226 g/mol. The highest BCUT2D eigenvalue weighted by molar-refractivity contribution is 5.30. The fraction of sp³-hybridized carbons (Fsp3) is 0.846. The van der Waals surface area contributed by atoms with E-state index in [2.05, 4.69) is 27.0 Å². The van der Waals surface area contributed by atoms with Gasteiger partial charge in [-0.3, -0.25) is 5.10 Å². The van der Waals surface area contributed by atoms with Crippen molar-refractivity contribution in [2.45, 2.75) is 39.0 Å². The third-order valence-corrected chi connectivity index (χ3v) is 4.26. The predicted octanol–water partition coefficient (Wildman–Crippen LogP) is 1.32. The van der Waals surface area contributed by atoms with E-state index in [0.717, 1.165) is 43.7 Å². The molecule has 1 aromatic rings. The zero-order valence-electron chi connectivity index (χ0n) is 11.2. The maximum Gasteiger partial charge on any atom is 0.244 e. The van der Waals surface area contributed by atoms with Crippen LogP contribution in [0.25, 0.3) is 0 Å². The molecule has 3 N–H and O–H groups in total. The topological polar surface area (TPSA) is 70.8 Å². The number of anilines is 1. The first-order valence-corrected chi connectivity index (χ1v) is 7.05. The summed E-state index contributed by atoms with van der Waals surface area (Å²) < 4.78 is 0. The van der Waals surface area contributed by atoms with Gasteiger partial charge in [-0.1, -0.05) is 6.92 Å². The second-order valence-corrected chi connectivity index (χ2v) is 6.27. The van der Waals surface area contributed by atoms with Gasteiger partial charge >= 0.3 is 0 Å². The van der Waals surface area contributed by atoms with Crippen LogP contribution in [0.15, 0.2) is 0 Å². The van der Waals surface area contributed by atoms with E-state index in [1.165, 1.54) is 25.7 Å². The molecule has 1 saturated carbocycles. The maximum absolute atomic E-state index is 5.88. The number of nitrogens with zero attached hydrogens (tertiary/aromatic N) is 3. The Labute approximate surface area is 108 Å². The molecule has 0 aromatic carbocycles. The number of rotatable bonds is 4. The van der Waals surface area contributed by atoms with Gasteiger partial charge in [0.1, 0.15) is 5.82 Å². The first kappa shape index (κ1) is 12.0. The zero-order valence-corrected chi connectivity index (χ0v) is 11.2. The van der Waals surface area contributed by atoms with Crippen molar-refractivity contribution >= 4 is 5.95 Å². The van der Waals surface area contributed by atoms with Crippen LogP contribution in [0.1, 0.15) is 38.4 Å². The molecule has 1 unspecified atom stereocenters. The molecule has 0 amide bonds. The van der Waals surface area contributed by atoms with Gasteiger partial charge in [0, 0.05) is 19.5 Å². The van der Waals surface area contributed by atoms with Crippen LogP contribution < -0.4 is 10.6 Å². The molecular formula is C13H23N5. The lowest BCUT2D eigenvalue weighted by atomic mass is 9.82. The maximum atomic E-state index is 5.88. The van der Waals surface area contributed by atoms with E-state index >= 15 is 0 Å². The van der Waals surface area contributed by atoms with Crippen molar-refractivity contribution in [3.05, 3.63) is 5.82 Å². The van der Waals surface area contributed by atoms with Gasteiger partial charge in [0.25, 0.3) is 0 Å². The standard InChI is InChI=1S/C13H23N5/c1-13(8-14)5-2-6-18(9-13)12-15-11(16-17-12)7-10-3-4-10/h10H,2-9,14H2,1H3,(H,15,16,17). The van der Waals surface area contributed by atoms with Crippen molar-refractivity contribution in [3.8, 4) is 0 Å². The summed E-state index contributed by atoms with van der Waals surface area (Å²) in [6.45, 7) is 5.03. The average molecular weight is 249 g/mol. The molecule has 0 radical (unpaired) electrons. The van der Waals surface area contributed by atoms with Crippen LogP contribution in [0.3, 0.4) is 0 Å². The number of aromatic amines is 1. The Kier molecular flexibility index (Phi) is 3.01. The summed E-state index contributed by atoms with van der Waals surface area (Å²) in [6, 6.07) is 0. The van der Waals surface area contributed by atoms with Gasteiger partial charge in [-0.2, -0.15) is 4.98 Å². The van der Waals surface area contributed by atoms with Crippen LogP contribution >= 0.6 is 0 Å². The summed E-state index contributed by atoms with van der Waals surface area (Å²) in [4.78, 5) is 6.91. The van der Waals surface area contributed by atoms with E-state index in [9.17, 15) is 0 Å². The quantitative estimate of drug-likeness (QED) is 0.844. The third kappa shape index (κ3) is 2.51. The minimum atomic E-state index is 0.218. The van der Waals surface area contributed by atoms with Crippen LogP contribution in [-0.4, -0.2) is 34.8 Å². The number of hydrogen-bond donors (Lipinski definition) is 2. The Hall–Kier alpha value is -1.10. The summed E-state index contributed by atoms with van der Waals surface area (Å²) in [5.41, 5.74) is 6.10. The van der Waals surface area contributed by atoms with Crippen molar-refractivity contribution in [2.75, 3.05) is 24.5 Å². The van der Waals surface area contributed by atoms with E-state index in [0.29, 0.717) is 0 Å². The Morgan fingerprint density at radius 1 is 1.50 bits per heavy atom. The molecule has 5 nitrogen and oxygen atoms in total. The highest BCUT2D eigenvalue weighted by Crippen LogP contribution is 2.33. The van der Waals surface area contributed by atoms with E-state index < -0.39 is 0 Å². The molecule has 1 aromatic heterocycles. The summed E-state index contributed by atoms with van der Waals surface area (Å²) >= 11 is 0. The molecule has 1 saturated heterocycles. The molecule has 100 valence electrons. The summed E-state index contributed by atoms with van der Waals surface area (Å²) in [5.74, 6) is 2.76. The molecule has 2 heterocycles. The summed E-state index contributed by atoms with van der Waals surface area (Å²) in [7, 11) is 0. The highest BCUT2D eigenvalue weighted by Gasteiger charge is 2.31. The van der Waals surface area contributed by atoms with Crippen LogP contribution in [0.4, 0.5) is 5.95 Å². The first-order chi connectivity index (χ1) is 8.68. The first-order valence-electron chi connectivity index (χ1n) is 7.05. The molecule has 0 spiro atoms. The molecule has 2 fully saturated rings. The number of piperidine rings is 1. The smallest absolute Gasteiger partial charge is 0.244 e. The van der Waals surface area contributed by atoms with Crippen molar-refractivity contribution in [1.29, 1.82) is 0 Å². The lowest BCUT2D eigenvalue weighted by Crippen LogP contribution is -2.46. The molecule has 1 aliphatic carbocycles. The third-order valence-electron chi connectivity index (χ3n) is 4.26. The monoisotopic (exact) mass is 249 g/mol. The normalized spacial score (nSPS) is 28.7. The van der Waals surface area contributed by atoms with Crippen molar-refractivity contribution < 1.29 is 0 Å². The molecule has 2 aliphatic rings. The molecule has 5 heteroatoms. The van der Waals surface area contributed by atoms with Gasteiger partial charge in [-0.15, -0.1) is 5.10 Å². The lowest BCUT2D eigenvalue weighted by Gasteiger charge is -2.39. The second kappa shape index (κ2) is 4.53. The molecule has 18 heavy (non-hydrogen) atoms. The van der Waals surface area contributed by atoms with Crippen molar-refractivity contribution in [2.24, 2.45) is 17.1 Å². The largest absolute Gasteiger partial charge is 0.339 e. The number of aromatic nitrogens is 3. The Balaban J connectivity index is 1.67. The van der Waals surface area contributed by atoms with Gasteiger partial charge in [-0.05, 0) is 43.6 Å². The zero-order chi connectivity index (χ0) is 12.6. The fourth-order valence-corrected chi connectivity index (χ4v) is 2.77. The Morgan fingerprint density at radius 3 is 3.06 bits per heavy atom. The van der Waals surface area contributed by atoms with Crippen molar-refractivity contribution in [1.82, 2.24) is 15.2 Å². The second-order valence-electron chi connectivity index (χ2n) is 6.27. The average Bonchev–Trinajstić information content (AvgIpc) is 3.05. The number of H-pyrrole nitrogens is 1. The van der Waals surface area contributed by atoms with Gasteiger partial charge in [-0.25, -0.2) is 0 Å². The molecule has 1 atom stereocenters. The summed E-state index contributed by atoms with van der Waals surface area (Å²) in [5, 5.41) is 7.46. The van der Waals surface area contributed by atoms with Crippen LogP contribution in [0, 0.1) is 11.3 Å².